The number of alkyl halides is 3. The summed E-state index contributed by atoms with van der Waals surface area (Å²) in [4.78, 5) is 23.3. The molecule has 2 aliphatic rings. The number of piperidine rings is 1. The molecule has 1 saturated heterocycles. The Hall–Kier alpha value is -3.95. The highest BCUT2D eigenvalue weighted by Crippen LogP contribution is 2.35. The molecule has 230 valence electrons. The van der Waals surface area contributed by atoms with Crippen LogP contribution in [0.15, 0.2) is 43.2 Å². The second-order valence-corrected chi connectivity index (χ2v) is 13.0. The zero-order valence-electron chi connectivity index (χ0n) is 24.5. The summed E-state index contributed by atoms with van der Waals surface area (Å²) in [6.07, 6.45) is 1.04. The molecule has 1 aliphatic heterocycles. The lowest BCUT2D eigenvalue weighted by Gasteiger charge is -2.36. The first kappa shape index (κ1) is 30.1. The van der Waals surface area contributed by atoms with Gasteiger partial charge in [0.1, 0.15) is 28.7 Å². The van der Waals surface area contributed by atoms with Gasteiger partial charge in [0.25, 0.3) is 0 Å². The van der Waals surface area contributed by atoms with Crippen molar-refractivity contribution in [2.24, 2.45) is 5.92 Å². The van der Waals surface area contributed by atoms with Gasteiger partial charge in [-0.05, 0) is 73.9 Å². The first-order valence-electron chi connectivity index (χ1n) is 14.8. The topological polar surface area (TPSA) is 98.9 Å². The fraction of sp³-hybridized carbons (Fsp3) is 0.438. The van der Waals surface area contributed by atoms with Gasteiger partial charge in [0.15, 0.2) is 0 Å². The van der Waals surface area contributed by atoms with Crippen LogP contribution in [0.3, 0.4) is 0 Å². The number of halogens is 3. The van der Waals surface area contributed by atoms with Crippen LogP contribution >= 0.6 is 11.3 Å². The molecular formula is C32H34F3N7OS. The SMILES string of the molecule is C=CC(=O)NC1CC(Cn2c(C#N)cc3c(C)c(CN4CCC(Nc5ncnc6sc(CC(F)(F)F)cc56)CC4)ccc32)C1. The minimum atomic E-state index is -4.26. The zero-order chi connectivity index (χ0) is 31.0. The van der Waals surface area contributed by atoms with Gasteiger partial charge in [-0.2, -0.15) is 18.4 Å². The normalized spacial score (nSPS) is 19.5. The third-order valence-corrected chi connectivity index (χ3v) is 9.91. The van der Waals surface area contributed by atoms with E-state index >= 15 is 0 Å². The molecule has 2 fully saturated rings. The molecule has 0 radical (unpaired) electrons. The van der Waals surface area contributed by atoms with Crippen LogP contribution in [0.2, 0.25) is 0 Å². The van der Waals surface area contributed by atoms with Gasteiger partial charge >= 0.3 is 6.18 Å². The maximum Gasteiger partial charge on any atom is 0.393 e. The number of carbonyl (C=O) groups is 1. The van der Waals surface area contributed by atoms with Crippen molar-refractivity contribution in [2.75, 3.05) is 18.4 Å². The Bertz CT molecular complexity index is 1740. The lowest BCUT2D eigenvalue weighted by atomic mass is 9.80. The highest BCUT2D eigenvalue weighted by Gasteiger charge is 2.31. The number of thiophene rings is 1. The molecule has 2 N–H and O–H groups in total. The Morgan fingerprint density at radius 2 is 1.95 bits per heavy atom. The summed E-state index contributed by atoms with van der Waals surface area (Å²) < 4.78 is 40.8. The van der Waals surface area contributed by atoms with Crippen LogP contribution in [0.1, 0.15) is 47.4 Å². The largest absolute Gasteiger partial charge is 0.393 e. The molecule has 4 aromatic rings. The van der Waals surface area contributed by atoms with E-state index in [-0.39, 0.29) is 22.9 Å². The Kier molecular flexibility index (Phi) is 8.35. The fourth-order valence-electron chi connectivity index (χ4n) is 6.48. The number of nitrogens with zero attached hydrogens (tertiary/aromatic N) is 5. The number of aryl methyl sites for hydroxylation is 1. The minimum absolute atomic E-state index is 0.145. The monoisotopic (exact) mass is 621 g/mol. The number of hydrogen-bond acceptors (Lipinski definition) is 7. The Morgan fingerprint density at radius 1 is 1.18 bits per heavy atom. The molecule has 1 aromatic carbocycles. The average molecular weight is 622 g/mol. The Labute approximate surface area is 257 Å². The maximum absolute atomic E-state index is 12.9. The number of anilines is 1. The number of nitriles is 1. The lowest BCUT2D eigenvalue weighted by Crippen LogP contribution is -2.44. The summed E-state index contributed by atoms with van der Waals surface area (Å²) in [6, 6.07) is 10.5. The van der Waals surface area contributed by atoms with Crippen molar-refractivity contribution in [3.05, 3.63) is 64.9 Å². The van der Waals surface area contributed by atoms with Gasteiger partial charge < -0.3 is 15.2 Å². The molecule has 0 unspecified atom stereocenters. The number of aromatic nitrogens is 3. The molecule has 6 rings (SSSR count). The molecule has 0 atom stereocenters. The maximum atomic E-state index is 12.9. The number of fused-ring (bicyclic) bond motifs is 2. The van der Waals surface area contributed by atoms with Crippen molar-refractivity contribution < 1.29 is 18.0 Å². The predicted molar refractivity (Wildman–Crippen MR) is 165 cm³/mol. The van der Waals surface area contributed by atoms with Crippen LogP contribution in [-0.4, -0.2) is 56.7 Å². The lowest BCUT2D eigenvalue weighted by molar-refractivity contribution is -0.126. The molecule has 1 amide bonds. The van der Waals surface area contributed by atoms with Crippen molar-refractivity contribution >= 4 is 44.2 Å². The van der Waals surface area contributed by atoms with Crippen molar-refractivity contribution in [3.8, 4) is 6.07 Å². The number of hydrogen-bond donors (Lipinski definition) is 2. The Balaban J connectivity index is 1.07. The van der Waals surface area contributed by atoms with Gasteiger partial charge in [0, 0.05) is 54.0 Å². The molecule has 0 bridgehead atoms. The van der Waals surface area contributed by atoms with Gasteiger partial charge in [-0.1, -0.05) is 12.6 Å². The summed E-state index contributed by atoms with van der Waals surface area (Å²) in [6.45, 7) is 8.94. The first-order chi connectivity index (χ1) is 21.1. The van der Waals surface area contributed by atoms with Gasteiger partial charge in [0.2, 0.25) is 5.91 Å². The molecule has 44 heavy (non-hydrogen) atoms. The van der Waals surface area contributed by atoms with E-state index in [1.54, 1.807) is 6.07 Å². The standard InChI is InChI=1S/C32H34F3N7OS/c1-3-29(43)39-23-10-20(11-23)16-42-24(15-36)12-26-19(2)21(4-5-28(26)42)17-41-8-6-22(7-9-41)40-30-27-13-25(14-32(33,34)35)44-31(27)38-18-37-30/h3-5,12-13,18,20,22-23H,1,6-11,14,16-17H2,2H3,(H,39,43)(H,37,38,40). The van der Waals surface area contributed by atoms with Crippen LogP contribution in [0.5, 0.6) is 0 Å². The second-order valence-electron chi connectivity index (χ2n) is 11.9. The van der Waals surface area contributed by atoms with E-state index in [1.165, 1.54) is 23.5 Å². The fourth-order valence-corrected chi connectivity index (χ4v) is 7.50. The highest BCUT2D eigenvalue weighted by atomic mass is 32.1. The summed E-state index contributed by atoms with van der Waals surface area (Å²) >= 11 is 1.06. The van der Waals surface area contributed by atoms with Crippen LogP contribution in [0, 0.1) is 24.2 Å². The van der Waals surface area contributed by atoms with Crippen LogP contribution in [0.25, 0.3) is 21.1 Å². The first-order valence-corrected chi connectivity index (χ1v) is 15.7. The van der Waals surface area contributed by atoms with E-state index in [2.05, 4.69) is 61.8 Å². The number of carbonyl (C=O) groups excluding carboxylic acids is 1. The smallest absolute Gasteiger partial charge is 0.367 e. The molecule has 3 aromatic heterocycles. The summed E-state index contributed by atoms with van der Waals surface area (Å²) in [5.41, 5.74) is 4.13. The van der Waals surface area contributed by atoms with E-state index in [0.717, 1.165) is 74.1 Å². The highest BCUT2D eigenvalue weighted by molar-refractivity contribution is 7.18. The summed E-state index contributed by atoms with van der Waals surface area (Å²) in [7, 11) is 0. The molecule has 8 nitrogen and oxygen atoms in total. The summed E-state index contributed by atoms with van der Waals surface area (Å²) in [5.74, 6) is 0.854. The second kappa shape index (κ2) is 12.2. The average Bonchev–Trinajstić information content (AvgIpc) is 3.54. The van der Waals surface area contributed by atoms with E-state index in [4.69, 9.17) is 0 Å². The van der Waals surface area contributed by atoms with Gasteiger partial charge in [0.05, 0.1) is 11.8 Å². The van der Waals surface area contributed by atoms with Crippen molar-refractivity contribution in [1.82, 2.24) is 24.8 Å². The molecule has 0 spiro atoms. The molecule has 1 saturated carbocycles. The minimum Gasteiger partial charge on any atom is -0.367 e. The number of benzene rings is 1. The number of likely N-dealkylation sites (tertiary alicyclic amines) is 1. The van der Waals surface area contributed by atoms with E-state index in [1.807, 2.05) is 6.07 Å². The number of rotatable bonds is 9. The van der Waals surface area contributed by atoms with Crippen molar-refractivity contribution in [1.29, 1.82) is 5.26 Å². The van der Waals surface area contributed by atoms with Gasteiger partial charge in [-0.3, -0.25) is 9.69 Å². The third-order valence-electron chi connectivity index (χ3n) is 8.87. The quantitative estimate of drug-likeness (QED) is 0.220. The van der Waals surface area contributed by atoms with Gasteiger partial charge in [-0.15, -0.1) is 11.3 Å². The molecule has 4 heterocycles. The predicted octanol–water partition coefficient (Wildman–Crippen LogP) is 6.09. The van der Waals surface area contributed by atoms with Crippen molar-refractivity contribution in [2.45, 2.75) is 70.4 Å². The van der Waals surface area contributed by atoms with Gasteiger partial charge in [-0.25, -0.2) is 9.97 Å². The zero-order valence-corrected chi connectivity index (χ0v) is 25.3. The van der Waals surface area contributed by atoms with E-state index in [0.29, 0.717) is 27.6 Å². The van der Waals surface area contributed by atoms with Crippen LogP contribution in [-0.2, 0) is 24.3 Å². The van der Waals surface area contributed by atoms with Crippen LogP contribution < -0.4 is 10.6 Å². The van der Waals surface area contributed by atoms with Crippen LogP contribution in [0.4, 0.5) is 19.0 Å². The van der Waals surface area contributed by atoms with E-state index < -0.39 is 12.6 Å². The van der Waals surface area contributed by atoms with E-state index in [9.17, 15) is 23.2 Å². The number of amides is 1. The molecule has 12 heteroatoms. The molecular weight excluding hydrogens is 587 g/mol. The Morgan fingerprint density at radius 3 is 2.66 bits per heavy atom. The van der Waals surface area contributed by atoms with Crippen molar-refractivity contribution in [3.63, 3.8) is 0 Å². The third kappa shape index (κ3) is 6.44. The number of nitrogens with one attached hydrogen (secondary N) is 2. The molecule has 1 aliphatic carbocycles. The summed E-state index contributed by atoms with van der Waals surface area (Å²) in [5, 5.41) is 18.0.